The fourth-order valence-electron chi connectivity index (χ4n) is 0.617. The molecule has 86 valence electrons. The van der Waals surface area contributed by atoms with Gasteiger partial charge in [-0.05, 0) is 14.1 Å². The molecular formula is C4H10N2Na2O6S2. The van der Waals surface area contributed by atoms with E-state index in [4.69, 9.17) is 0 Å². The average Bonchev–Trinajstić information content (AvgIpc) is 1.78. The Balaban J connectivity index is -0.000000845. The summed E-state index contributed by atoms with van der Waals surface area (Å²) in [5.41, 5.74) is 0. The van der Waals surface area contributed by atoms with Gasteiger partial charge < -0.3 is 14.0 Å². The molecule has 0 radical (unpaired) electrons. The third kappa shape index (κ3) is 9.74. The molecule has 0 saturated heterocycles. The zero-order chi connectivity index (χ0) is 11.6. The maximum absolute atomic E-state index is 10.4. The van der Waals surface area contributed by atoms with Gasteiger partial charge in [0.2, 0.25) is 0 Å². The Kier molecular flexibility index (Phi) is 12.5. The predicted octanol–water partition coefficient (Wildman–Crippen LogP) is -8.22. The van der Waals surface area contributed by atoms with Crippen LogP contribution in [0.2, 0.25) is 0 Å². The molecule has 0 saturated carbocycles. The predicted molar refractivity (Wildman–Crippen MR) is 44.7 cm³/mol. The number of rotatable bonds is 5. The molecule has 0 aliphatic heterocycles. The van der Waals surface area contributed by atoms with Gasteiger partial charge in [-0.1, -0.05) is 0 Å². The fourth-order valence-corrected chi connectivity index (χ4v) is 2.12. The van der Waals surface area contributed by atoms with Crippen LogP contribution in [-0.4, -0.2) is 61.7 Å². The van der Waals surface area contributed by atoms with Crippen LogP contribution in [0.25, 0.3) is 0 Å². The number of hydrogen-bond donors (Lipinski definition) is 0. The van der Waals surface area contributed by atoms with E-state index in [1.807, 2.05) is 0 Å². The van der Waals surface area contributed by atoms with Crippen molar-refractivity contribution >= 4 is 20.6 Å². The molecule has 0 atom stereocenters. The van der Waals surface area contributed by atoms with E-state index in [2.05, 4.69) is 0 Å². The summed E-state index contributed by atoms with van der Waals surface area (Å²) in [6, 6.07) is 0. The van der Waals surface area contributed by atoms with Crippen LogP contribution in [0, 0.1) is 0 Å². The Hall–Kier alpha value is 1.74. The molecule has 0 heterocycles. The molecule has 0 aliphatic rings. The summed E-state index contributed by atoms with van der Waals surface area (Å²) in [5.74, 6) is 0. The summed E-state index contributed by atoms with van der Waals surface area (Å²) < 4.78 is 61.6. The summed E-state index contributed by atoms with van der Waals surface area (Å²) in [4.78, 5) is 1.43. The van der Waals surface area contributed by atoms with Gasteiger partial charge in [-0.3, -0.25) is 0 Å². The zero-order valence-electron chi connectivity index (χ0n) is 9.57. The van der Waals surface area contributed by atoms with Gasteiger partial charge in [-0.2, -0.15) is 0 Å². The van der Waals surface area contributed by atoms with Crippen LogP contribution in [0.3, 0.4) is 0 Å². The number of likely N-dealkylation sites (N-methyl/N-ethyl adjacent to an activating group) is 1. The topological polar surface area (TPSA) is 121 Å². The van der Waals surface area contributed by atoms with Crippen LogP contribution in [-0.2, 0) is 20.6 Å². The Labute approximate surface area is 140 Å². The van der Waals surface area contributed by atoms with Crippen molar-refractivity contribution in [3.05, 3.63) is 0 Å². The first-order chi connectivity index (χ1) is 6.05. The van der Waals surface area contributed by atoms with E-state index in [9.17, 15) is 25.9 Å². The quantitative estimate of drug-likeness (QED) is 0.364. The van der Waals surface area contributed by atoms with E-state index in [-0.39, 0.29) is 65.7 Å². The van der Waals surface area contributed by atoms with Gasteiger partial charge in [0.05, 0.1) is 0 Å². The van der Waals surface area contributed by atoms with Crippen molar-refractivity contribution < 1.29 is 85.1 Å². The minimum atomic E-state index is -5.26. The second-order valence-electron chi connectivity index (χ2n) is 2.72. The van der Waals surface area contributed by atoms with Gasteiger partial charge in [0.1, 0.15) is 0 Å². The first-order valence-electron chi connectivity index (χ1n) is 3.39. The Morgan fingerprint density at radius 2 is 1.19 bits per heavy atom. The van der Waals surface area contributed by atoms with Gasteiger partial charge in [0.25, 0.3) is 0 Å². The molecule has 0 aliphatic carbocycles. The molecule has 0 aromatic rings. The van der Waals surface area contributed by atoms with Crippen molar-refractivity contribution in [3.8, 4) is 0 Å². The molecule has 0 aromatic heterocycles. The molecule has 8 nitrogen and oxygen atoms in total. The fraction of sp³-hybridized carbons (Fsp3) is 1.00. The molecule has 16 heavy (non-hydrogen) atoms. The van der Waals surface area contributed by atoms with E-state index >= 15 is 0 Å². The Morgan fingerprint density at radius 3 is 1.38 bits per heavy atom. The first-order valence-corrected chi connectivity index (χ1v) is 6.12. The van der Waals surface area contributed by atoms with Crippen LogP contribution >= 0.6 is 0 Å². The normalized spacial score (nSPS) is 12.1. The van der Waals surface area contributed by atoms with E-state index in [1.165, 1.54) is 19.0 Å². The number of hydrogen-bond acceptors (Lipinski definition) is 7. The van der Waals surface area contributed by atoms with Gasteiger partial charge in [0.15, 0.2) is 20.6 Å². The van der Waals surface area contributed by atoms with Crippen LogP contribution in [0.5, 0.6) is 0 Å². The molecule has 0 spiro atoms. The Bertz CT molecular complexity index is 347. The third-order valence-electron chi connectivity index (χ3n) is 1.23. The molecule has 0 bridgehead atoms. The maximum Gasteiger partial charge on any atom is 1.00 e. The standard InChI is InChI=1S/C4H12N2O6S2.2Na/c1-5(2)3-4-6(13(7,8)9)14(10,11)12;;/h3-4H2,1-2H3,(H,7,8,9)(H,10,11,12);;/q;2*+1/p-2. The average molecular weight is 292 g/mol. The van der Waals surface area contributed by atoms with Crippen molar-refractivity contribution in [2.24, 2.45) is 0 Å². The molecule has 0 rings (SSSR count). The van der Waals surface area contributed by atoms with Crippen molar-refractivity contribution in [2.45, 2.75) is 0 Å². The maximum atomic E-state index is 10.4. The third-order valence-corrected chi connectivity index (χ3v) is 3.69. The van der Waals surface area contributed by atoms with Crippen molar-refractivity contribution in [1.82, 2.24) is 8.61 Å². The van der Waals surface area contributed by atoms with Crippen molar-refractivity contribution in [3.63, 3.8) is 0 Å². The monoisotopic (exact) mass is 292 g/mol. The molecule has 0 N–H and O–H groups in total. The molecule has 0 fully saturated rings. The second kappa shape index (κ2) is 8.77. The Morgan fingerprint density at radius 1 is 0.875 bits per heavy atom. The number of nitrogens with zero attached hydrogens (tertiary/aromatic N) is 2. The largest absolute Gasteiger partial charge is 1.00 e. The summed E-state index contributed by atoms with van der Waals surface area (Å²) in [7, 11) is -7.45. The van der Waals surface area contributed by atoms with Crippen LogP contribution < -0.4 is 59.1 Å². The molecule has 0 unspecified atom stereocenters. The van der Waals surface area contributed by atoms with Crippen molar-refractivity contribution in [1.29, 1.82) is 0 Å². The van der Waals surface area contributed by atoms with Gasteiger partial charge in [-0.15, -0.1) is 3.71 Å². The molecular weight excluding hydrogens is 282 g/mol. The summed E-state index contributed by atoms with van der Waals surface area (Å²) in [5, 5.41) is 0. The van der Waals surface area contributed by atoms with Gasteiger partial charge in [0, 0.05) is 13.1 Å². The van der Waals surface area contributed by atoms with Crippen LogP contribution in [0.4, 0.5) is 0 Å². The minimum absolute atomic E-state index is 0. The summed E-state index contributed by atoms with van der Waals surface area (Å²) >= 11 is 0. The molecule has 0 aromatic carbocycles. The van der Waals surface area contributed by atoms with Gasteiger partial charge >= 0.3 is 59.1 Å². The minimum Gasteiger partial charge on any atom is -0.735 e. The van der Waals surface area contributed by atoms with E-state index in [0.29, 0.717) is 0 Å². The van der Waals surface area contributed by atoms with Gasteiger partial charge in [-0.25, -0.2) is 16.8 Å². The van der Waals surface area contributed by atoms with E-state index < -0.39 is 30.9 Å². The molecule has 0 amide bonds. The van der Waals surface area contributed by atoms with Crippen molar-refractivity contribution in [2.75, 3.05) is 27.2 Å². The second-order valence-corrected chi connectivity index (χ2v) is 5.54. The van der Waals surface area contributed by atoms with Crippen LogP contribution in [0.1, 0.15) is 0 Å². The van der Waals surface area contributed by atoms with Crippen LogP contribution in [0.15, 0.2) is 0 Å². The zero-order valence-corrected chi connectivity index (χ0v) is 15.2. The molecule has 12 heteroatoms. The summed E-state index contributed by atoms with van der Waals surface area (Å²) in [6.45, 7) is -0.715. The summed E-state index contributed by atoms with van der Waals surface area (Å²) in [6.07, 6.45) is 0. The smallest absolute Gasteiger partial charge is 0.735 e. The van der Waals surface area contributed by atoms with E-state index in [0.717, 1.165) is 0 Å². The SMILES string of the molecule is CN(C)CCN(S(=O)(=O)[O-])S(=O)(=O)[O-].[Na+].[Na+]. The first kappa shape index (κ1) is 22.9. The van der Waals surface area contributed by atoms with E-state index in [1.54, 1.807) is 0 Å².